The van der Waals surface area contributed by atoms with Gasteiger partial charge in [-0.25, -0.2) is 0 Å². The van der Waals surface area contributed by atoms with Crippen LogP contribution in [0.2, 0.25) is 10.0 Å². The van der Waals surface area contributed by atoms with Crippen molar-refractivity contribution in [3.63, 3.8) is 0 Å². The Morgan fingerprint density at radius 1 is 1.27 bits per heavy atom. The first-order valence-electron chi connectivity index (χ1n) is 3.84. The molecule has 1 rings (SSSR count). The summed E-state index contributed by atoms with van der Waals surface area (Å²) in [6.07, 6.45) is -6.05. The van der Waals surface area contributed by atoms with Crippen molar-refractivity contribution >= 4 is 29.0 Å². The molecule has 0 saturated heterocycles. The van der Waals surface area contributed by atoms with Crippen molar-refractivity contribution in [3.05, 3.63) is 33.8 Å². The van der Waals surface area contributed by atoms with Crippen molar-refractivity contribution in [2.24, 2.45) is 0 Å². The lowest BCUT2D eigenvalue weighted by atomic mass is 10.1. The maximum absolute atomic E-state index is 11.9. The second-order valence-electron chi connectivity index (χ2n) is 2.84. The zero-order valence-electron chi connectivity index (χ0n) is 7.24. The van der Waals surface area contributed by atoms with Crippen molar-refractivity contribution in [1.29, 1.82) is 0 Å². The molecular formula is C9H5Cl2F3O. The fourth-order valence-electron chi connectivity index (χ4n) is 0.993. The molecule has 0 amide bonds. The average Bonchev–Trinajstić information content (AvgIpc) is 1.99. The normalized spacial score (nSPS) is 11.5. The smallest absolute Gasteiger partial charge is 0.294 e. The maximum Gasteiger partial charge on any atom is 0.396 e. The second kappa shape index (κ2) is 4.41. The quantitative estimate of drug-likeness (QED) is 0.728. The molecule has 82 valence electrons. The van der Waals surface area contributed by atoms with Crippen LogP contribution >= 0.6 is 23.2 Å². The lowest BCUT2D eigenvalue weighted by Gasteiger charge is -2.06. The summed E-state index contributed by atoms with van der Waals surface area (Å²) in [5.41, 5.74) is -0.168. The van der Waals surface area contributed by atoms with E-state index in [0.29, 0.717) is 0 Å². The average molecular weight is 257 g/mol. The third kappa shape index (κ3) is 3.72. The van der Waals surface area contributed by atoms with E-state index in [1.165, 1.54) is 18.2 Å². The van der Waals surface area contributed by atoms with Gasteiger partial charge in [-0.1, -0.05) is 23.2 Å². The van der Waals surface area contributed by atoms with Gasteiger partial charge in [0.05, 0.1) is 5.02 Å². The number of ketones is 1. The van der Waals surface area contributed by atoms with Crippen molar-refractivity contribution in [1.82, 2.24) is 0 Å². The van der Waals surface area contributed by atoms with Gasteiger partial charge in [0.1, 0.15) is 6.42 Å². The van der Waals surface area contributed by atoms with Gasteiger partial charge in [-0.2, -0.15) is 13.2 Å². The molecule has 1 nitrogen and oxygen atoms in total. The summed E-state index contributed by atoms with van der Waals surface area (Å²) in [5.74, 6) is -1.07. The van der Waals surface area contributed by atoms with Crippen LogP contribution in [0.4, 0.5) is 13.2 Å². The van der Waals surface area contributed by atoms with E-state index in [-0.39, 0.29) is 15.6 Å². The Bertz CT molecular complexity index is 387. The van der Waals surface area contributed by atoms with E-state index in [1.807, 2.05) is 0 Å². The zero-order chi connectivity index (χ0) is 11.6. The van der Waals surface area contributed by atoms with Gasteiger partial charge in [-0.05, 0) is 18.2 Å². The Morgan fingerprint density at radius 3 is 2.33 bits per heavy atom. The number of Topliss-reactive ketones (excluding diaryl/α,β-unsaturated/α-hetero) is 1. The van der Waals surface area contributed by atoms with E-state index >= 15 is 0 Å². The first kappa shape index (κ1) is 12.3. The summed E-state index contributed by atoms with van der Waals surface area (Å²) in [6.45, 7) is 0. The highest BCUT2D eigenvalue weighted by Crippen LogP contribution is 2.26. The molecule has 0 saturated carbocycles. The first-order chi connectivity index (χ1) is 6.79. The van der Waals surface area contributed by atoms with E-state index < -0.39 is 18.4 Å². The van der Waals surface area contributed by atoms with Crippen LogP contribution < -0.4 is 0 Å². The number of alkyl halides is 3. The molecule has 0 N–H and O–H groups in total. The molecule has 1 aromatic carbocycles. The van der Waals surface area contributed by atoms with Crippen molar-refractivity contribution in [2.75, 3.05) is 0 Å². The van der Waals surface area contributed by atoms with Crippen LogP contribution in [0, 0.1) is 0 Å². The zero-order valence-corrected chi connectivity index (χ0v) is 8.75. The monoisotopic (exact) mass is 256 g/mol. The minimum absolute atomic E-state index is 0.0725. The summed E-state index contributed by atoms with van der Waals surface area (Å²) in [4.78, 5) is 11.1. The van der Waals surface area contributed by atoms with Crippen molar-refractivity contribution in [2.45, 2.75) is 12.6 Å². The SMILES string of the molecule is O=C(CC(F)(F)F)c1ccc(Cl)cc1Cl. The van der Waals surface area contributed by atoms with Crippen LogP contribution in [0.3, 0.4) is 0 Å². The number of rotatable bonds is 2. The lowest BCUT2D eigenvalue weighted by Crippen LogP contribution is -2.15. The van der Waals surface area contributed by atoms with Gasteiger partial charge >= 0.3 is 6.18 Å². The molecule has 0 unspecified atom stereocenters. The summed E-state index contributed by atoms with van der Waals surface area (Å²) in [5, 5.41) is 0.195. The van der Waals surface area contributed by atoms with E-state index in [4.69, 9.17) is 23.2 Å². The summed E-state index contributed by atoms with van der Waals surface area (Å²) >= 11 is 11.1. The molecule has 0 aliphatic heterocycles. The minimum atomic E-state index is -4.53. The molecule has 0 spiro atoms. The molecule has 15 heavy (non-hydrogen) atoms. The Labute approximate surface area is 93.8 Å². The Morgan fingerprint density at radius 2 is 1.87 bits per heavy atom. The Kier molecular flexibility index (Phi) is 3.62. The largest absolute Gasteiger partial charge is 0.396 e. The third-order valence-electron chi connectivity index (χ3n) is 1.59. The van der Waals surface area contributed by atoms with Crippen LogP contribution in [-0.4, -0.2) is 12.0 Å². The van der Waals surface area contributed by atoms with Gasteiger partial charge in [0.2, 0.25) is 0 Å². The molecule has 0 radical (unpaired) electrons. The fourth-order valence-corrected chi connectivity index (χ4v) is 1.51. The van der Waals surface area contributed by atoms with Crippen molar-refractivity contribution in [3.8, 4) is 0 Å². The number of carbonyl (C=O) groups is 1. The first-order valence-corrected chi connectivity index (χ1v) is 4.60. The van der Waals surface area contributed by atoms with Crippen LogP contribution in [0.25, 0.3) is 0 Å². The summed E-state index contributed by atoms with van der Waals surface area (Å²) in [7, 11) is 0. The van der Waals surface area contributed by atoms with Gasteiger partial charge < -0.3 is 0 Å². The molecule has 6 heteroatoms. The predicted octanol–water partition coefficient (Wildman–Crippen LogP) is 4.13. The van der Waals surface area contributed by atoms with E-state index in [2.05, 4.69) is 0 Å². The maximum atomic E-state index is 11.9. The Hall–Kier alpha value is -0.740. The molecule has 0 fully saturated rings. The number of carbonyl (C=O) groups excluding carboxylic acids is 1. The van der Waals surface area contributed by atoms with Gasteiger partial charge in [-0.3, -0.25) is 4.79 Å². The topological polar surface area (TPSA) is 17.1 Å². The number of halogens is 5. The molecule has 0 aliphatic rings. The van der Waals surface area contributed by atoms with Crippen molar-refractivity contribution < 1.29 is 18.0 Å². The molecule has 0 atom stereocenters. The van der Waals surface area contributed by atoms with Crippen LogP contribution in [0.5, 0.6) is 0 Å². The highest BCUT2D eigenvalue weighted by molar-refractivity contribution is 6.36. The predicted molar refractivity (Wildman–Crippen MR) is 51.5 cm³/mol. The van der Waals surface area contributed by atoms with E-state index in [0.717, 1.165) is 0 Å². The second-order valence-corrected chi connectivity index (χ2v) is 3.68. The number of hydrogen-bond donors (Lipinski definition) is 0. The highest BCUT2D eigenvalue weighted by Gasteiger charge is 2.32. The standard InChI is InChI=1S/C9H5Cl2F3O/c10-5-1-2-6(7(11)3-5)8(15)4-9(12,13)14/h1-3H,4H2. The van der Waals surface area contributed by atoms with Crippen LogP contribution in [-0.2, 0) is 0 Å². The Balaban J connectivity index is 2.92. The molecular weight excluding hydrogens is 252 g/mol. The van der Waals surface area contributed by atoms with Gasteiger partial charge in [-0.15, -0.1) is 0 Å². The molecule has 0 bridgehead atoms. The minimum Gasteiger partial charge on any atom is -0.294 e. The third-order valence-corrected chi connectivity index (χ3v) is 2.14. The van der Waals surface area contributed by atoms with Gasteiger partial charge in [0.25, 0.3) is 0 Å². The number of benzene rings is 1. The van der Waals surface area contributed by atoms with Gasteiger partial charge in [0.15, 0.2) is 5.78 Å². The molecule has 0 aliphatic carbocycles. The van der Waals surface area contributed by atoms with Crippen LogP contribution in [0.1, 0.15) is 16.8 Å². The number of hydrogen-bond acceptors (Lipinski definition) is 1. The fraction of sp³-hybridized carbons (Fsp3) is 0.222. The molecule has 0 aromatic heterocycles. The lowest BCUT2D eigenvalue weighted by molar-refractivity contribution is -0.125. The van der Waals surface area contributed by atoms with E-state index in [9.17, 15) is 18.0 Å². The highest BCUT2D eigenvalue weighted by atomic mass is 35.5. The molecule has 0 heterocycles. The summed E-state index contributed by atoms with van der Waals surface area (Å²) in [6, 6.07) is 3.72. The van der Waals surface area contributed by atoms with Crippen LogP contribution in [0.15, 0.2) is 18.2 Å². The van der Waals surface area contributed by atoms with E-state index in [1.54, 1.807) is 0 Å². The summed E-state index contributed by atoms with van der Waals surface area (Å²) < 4.78 is 35.7. The molecule has 1 aromatic rings. The van der Waals surface area contributed by atoms with Gasteiger partial charge in [0, 0.05) is 10.6 Å².